The Labute approximate surface area is 85.9 Å². The van der Waals surface area contributed by atoms with Crippen LogP contribution in [0.2, 0.25) is 0 Å². The minimum atomic E-state index is -3.06. The van der Waals surface area contributed by atoms with Crippen LogP contribution >= 0.6 is 0 Å². The molecule has 0 saturated carbocycles. The average Bonchev–Trinajstić information content (AvgIpc) is 2.15. The summed E-state index contributed by atoms with van der Waals surface area (Å²) in [4.78, 5) is 0. The molecular formula is C9H17NO3S. The molecule has 0 fully saturated rings. The number of hydrogen-bond donors (Lipinski definition) is 1. The number of rotatable bonds is 7. The molecule has 1 atom stereocenters. The molecule has 0 rings (SSSR count). The molecule has 0 aliphatic carbocycles. The van der Waals surface area contributed by atoms with Gasteiger partial charge in [-0.05, 0) is 6.92 Å². The van der Waals surface area contributed by atoms with Crippen LogP contribution in [-0.2, 0) is 14.6 Å². The van der Waals surface area contributed by atoms with Crippen molar-refractivity contribution in [2.45, 2.75) is 12.2 Å². The molecule has 4 nitrogen and oxygen atoms in total. The molecule has 82 valence electrons. The van der Waals surface area contributed by atoms with Crippen molar-refractivity contribution in [3.05, 3.63) is 0 Å². The van der Waals surface area contributed by atoms with E-state index in [1.165, 1.54) is 7.11 Å². The summed E-state index contributed by atoms with van der Waals surface area (Å²) < 4.78 is 27.7. The highest BCUT2D eigenvalue weighted by Crippen LogP contribution is 2.00. The van der Waals surface area contributed by atoms with Crippen molar-refractivity contribution in [1.82, 2.24) is 5.32 Å². The van der Waals surface area contributed by atoms with Crippen molar-refractivity contribution in [2.75, 3.05) is 32.6 Å². The summed E-state index contributed by atoms with van der Waals surface area (Å²) in [6.45, 7) is 2.68. The molecule has 0 heterocycles. The van der Waals surface area contributed by atoms with Gasteiger partial charge in [0.15, 0.2) is 9.84 Å². The van der Waals surface area contributed by atoms with E-state index < -0.39 is 15.1 Å². The molecule has 0 aromatic carbocycles. The Morgan fingerprint density at radius 3 is 2.71 bits per heavy atom. The molecule has 1 unspecified atom stereocenters. The number of terminal acetylenes is 1. The van der Waals surface area contributed by atoms with Crippen molar-refractivity contribution in [3.8, 4) is 12.3 Å². The second-order valence-corrected chi connectivity index (χ2v) is 5.54. The van der Waals surface area contributed by atoms with Gasteiger partial charge < -0.3 is 10.1 Å². The lowest BCUT2D eigenvalue weighted by Gasteiger charge is -2.12. The van der Waals surface area contributed by atoms with Crippen LogP contribution in [0.15, 0.2) is 0 Å². The van der Waals surface area contributed by atoms with Crippen LogP contribution in [0.4, 0.5) is 0 Å². The van der Waals surface area contributed by atoms with Crippen LogP contribution in [0.1, 0.15) is 6.92 Å². The van der Waals surface area contributed by atoms with Gasteiger partial charge in [-0.1, -0.05) is 5.92 Å². The van der Waals surface area contributed by atoms with Gasteiger partial charge in [0, 0.05) is 13.7 Å². The summed E-state index contributed by atoms with van der Waals surface area (Å²) >= 11 is 0. The van der Waals surface area contributed by atoms with Gasteiger partial charge in [0.25, 0.3) is 0 Å². The van der Waals surface area contributed by atoms with Gasteiger partial charge in [-0.2, -0.15) is 0 Å². The van der Waals surface area contributed by atoms with Crippen LogP contribution < -0.4 is 5.32 Å². The van der Waals surface area contributed by atoms with E-state index >= 15 is 0 Å². The zero-order valence-corrected chi connectivity index (χ0v) is 9.43. The minimum Gasteiger partial charge on any atom is -0.384 e. The second kappa shape index (κ2) is 6.82. The van der Waals surface area contributed by atoms with Gasteiger partial charge in [0.1, 0.15) is 0 Å². The molecule has 0 aliphatic rings. The van der Waals surface area contributed by atoms with E-state index in [9.17, 15) is 8.42 Å². The number of hydrogen-bond acceptors (Lipinski definition) is 4. The standard InChI is InChI=1S/C9H17NO3S/c1-4-5-10-8-9(2)14(11,12)7-6-13-3/h1,9-10H,5-8H2,2-3H3. The summed E-state index contributed by atoms with van der Waals surface area (Å²) in [7, 11) is -1.58. The Bertz CT molecular complexity index is 279. The second-order valence-electron chi connectivity index (χ2n) is 3.01. The van der Waals surface area contributed by atoms with Gasteiger partial charge >= 0.3 is 0 Å². The minimum absolute atomic E-state index is 0.0579. The predicted molar refractivity (Wildman–Crippen MR) is 56.8 cm³/mol. The molecular weight excluding hydrogens is 202 g/mol. The van der Waals surface area contributed by atoms with Crippen molar-refractivity contribution in [2.24, 2.45) is 0 Å². The summed E-state index contributed by atoms with van der Waals surface area (Å²) in [6.07, 6.45) is 5.02. The highest BCUT2D eigenvalue weighted by Gasteiger charge is 2.19. The van der Waals surface area contributed by atoms with Crippen LogP contribution in [0, 0.1) is 12.3 Å². The summed E-state index contributed by atoms with van der Waals surface area (Å²) in [5.74, 6) is 2.44. The molecule has 0 bridgehead atoms. The molecule has 0 amide bonds. The molecule has 0 saturated heterocycles. The smallest absolute Gasteiger partial charge is 0.156 e. The Balaban J connectivity index is 3.96. The predicted octanol–water partition coefficient (Wildman–Crippen LogP) is -0.341. The van der Waals surface area contributed by atoms with E-state index in [1.54, 1.807) is 6.92 Å². The monoisotopic (exact) mass is 219 g/mol. The third kappa shape index (κ3) is 5.22. The fourth-order valence-electron chi connectivity index (χ4n) is 0.875. The molecule has 1 N–H and O–H groups in total. The Morgan fingerprint density at radius 2 is 2.21 bits per heavy atom. The first-order valence-corrected chi connectivity index (χ1v) is 6.10. The molecule has 5 heteroatoms. The molecule has 0 radical (unpaired) electrons. The van der Waals surface area contributed by atoms with E-state index in [0.717, 1.165) is 0 Å². The van der Waals surface area contributed by atoms with Gasteiger partial charge in [0.05, 0.1) is 24.2 Å². The third-order valence-electron chi connectivity index (χ3n) is 1.84. The Hall–Kier alpha value is -0.570. The van der Waals surface area contributed by atoms with E-state index in [1.807, 2.05) is 0 Å². The molecule has 0 aromatic heterocycles. The fraction of sp³-hybridized carbons (Fsp3) is 0.778. The van der Waals surface area contributed by atoms with Gasteiger partial charge in [-0.3, -0.25) is 0 Å². The molecule has 14 heavy (non-hydrogen) atoms. The normalized spacial score (nSPS) is 13.5. The summed E-state index contributed by atoms with van der Waals surface area (Å²) in [5, 5.41) is 2.44. The lowest BCUT2D eigenvalue weighted by atomic mass is 10.4. The first kappa shape index (κ1) is 13.4. The highest BCUT2D eigenvalue weighted by atomic mass is 32.2. The maximum Gasteiger partial charge on any atom is 0.156 e. The first-order chi connectivity index (χ1) is 6.54. The maximum atomic E-state index is 11.5. The topological polar surface area (TPSA) is 55.4 Å². The summed E-state index contributed by atoms with van der Waals surface area (Å²) in [5.41, 5.74) is 0. The SMILES string of the molecule is C#CCNCC(C)S(=O)(=O)CCOC. The van der Waals surface area contributed by atoms with Crippen LogP contribution in [0.3, 0.4) is 0 Å². The summed E-state index contributed by atoms with van der Waals surface area (Å²) in [6, 6.07) is 0. The largest absolute Gasteiger partial charge is 0.384 e. The zero-order valence-electron chi connectivity index (χ0n) is 8.62. The van der Waals surface area contributed by atoms with Crippen molar-refractivity contribution < 1.29 is 13.2 Å². The molecule has 0 aromatic rings. The van der Waals surface area contributed by atoms with Gasteiger partial charge in [0.2, 0.25) is 0 Å². The van der Waals surface area contributed by atoms with Crippen LogP contribution in [-0.4, -0.2) is 46.2 Å². The quantitative estimate of drug-likeness (QED) is 0.470. The Kier molecular flexibility index (Phi) is 6.54. The number of nitrogens with one attached hydrogen (secondary N) is 1. The van der Waals surface area contributed by atoms with Crippen molar-refractivity contribution in [3.63, 3.8) is 0 Å². The van der Waals surface area contributed by atoms with E-state index in [0.29, 0.717) is 13.1 Å². The van der Waals surface area contributed by atoms with E-state index in [-0.39, 0.29) is 12.4 Å². The van der Waals surface area contributed by atoms with Gasteiger partial charge in [-0.25, -0.2) is 8.42 Å². The van der Waals surface area contributed by atoms with E-state index in [2.05, 4.69) is 11.2 Å². The average molecular weight is 219 g/mol. The number of ether oxygens (including phenoxy) is 1. The highest BCUT2D eigenvalue weighted by molar-refractivity contribution is 7.92. The fourth-order valence-corrected chi connectivity index (χ4v) is 2.05. The number of sulfone groups is 1. The van der Waals surface area contributed by atoms with Crippen molar-refractivity contribution >= 4 is 9.84 Å². The lowest BCUT2D eigenvalue weighted by molar-refractivity contribution is 0.217. The van der Waals surface area contributed by atoms with Crippen LogP contribution in [0.25, 0.3) is 0 Å². The third-order valence-corrected chi connectivity index (χ3v) is 3.97. The van der Waals surface area contributed by atoms with Crippen molar-refractivity contribution in [1.29, 1.82) is 0 Å². The van der Waals surface area contributed by atoms with Gasteiger partial charge in [-0.15, -0.1) is 6.42 Å². The maximum absolute atomic E-state index is 11.5. The Morgan fingerprint density at radius 1 is 1.57 bits per heavy atom. The first-order valence-electron chi connectivity index (χ1n) is 4.39. The zero-order chi connectivity index (χ0) is 11.0. The van der Waals surface area contributed by atoms with Crippen LogP contribution in [0.5, 0.6) is 0 Å². The van der Waals surface area contributed by atoms with E-state index in [4.69, 9.17) is 11.2 Å². The number of methoxy groups -OCH3 is 1. The lowest BCUT2D eigenvalue weighted by Crippen LogP contribution is -2.33. The molecule has 0 spiro atoms. The molecule has 0 aliphatic heterocycles.